The van der Waals surface area contributed by atoms with Gasteiger partial charge in [-0.15, -0.1) is 0 Å². The van der Waals surface area contributed by atoms with E-state index in [9.17, 15) is 10.1 Å². The molecule has 128 valence electrons. The third kappa shape index (κ3) is 4.24. The van der Waals surface area contributed by atoms with Gasteiger partial charge in [-0.2, -0.15) is 5.26 Å². The van der Waals surface area contributed by atoms with Crippen LogP contribution in [0.2, 0.25) is 0 Å². The lowest BCUT2D eigenvalue weighted by Crippen LogP contribution is -2.52. The van der Waals surface area contributed by atoms with Gasteiger partial charge in [-0.25, -0.2) is 0 Å². The van der Waals surface area contributed by atoms with Gasteiger partial charge in [-0.1, -0.05) is 12.8 Å². The predicted molar refractivity (Wildman–Crippen MR) is 87.7 cm³/mol. The maximum absolute atomic E-state index is 12.5. The number of carbonyl (C=O) groups is 1. The highest BCUT2D eigenvalue weighted by Crippen LogP contribution is 2.39. The van der Waals surface area contributed by atoms with Crippen LogP contribution in [0, 0.1) is 17.2 Å². The molecule has 1 N–H and O–H groups in total. The highest BCUT2D eigenvalue weighted by Gasteiger charge is 2.43. The fourth-order valence-electron chi connectivity index (χ4n) is 4.06. The molecule has 1 amide bonds. The zero-order valence-electron chi connectivity index (χ0n) is 14.2. The first-order valence-corrected chi connectivity index (χ1v) is 9.18. The molecule has 0 aromatic rings. The summed E-state index contributed by atoms with van der Waals surface area (Å²) in [6.07, 6.45) is 9.47. The van der Waals surface area contributed by atoms with Crippen LogP contribution in [0.1, 0.15) is 58.3 Å². The summed E-state index contributed by atoms with van der Waals surface area (Å²) in [6, 6.07) is 2.81. The summed E-state index contributed by atoms with van der Waals surface area (Å²) >= 11 is 0. The van der Waals surface area contributed by atoms with E-state index < -0.39 is 5.54 Å². The topological polar surface area (TPSA) is 65.4 Å². The Morgan fingerprint density at radius 1 is 1.26 bits per heavy atom. The summed E-state index contributed by atoms with van der Waals surface area (Å²) in [4.78, 5) is 14.9. The molecule has 2 unspecified atom stereocenters. The van der Waals surface area contributed by atoms with Gasteiger partial charge in [0.25, 0.3) is 0 Å². The van der Waals surface area contributed by atoms with Crippen molar-refractivity contribution < 1.29 is 9.53 Å². The molecule has 23 heavy (non-hydrogen) atoms. The average molecular weight is 319 g/mol. The lowest BCUT2D eigenvalue weighted by Gasteiger charge is -2.32. The molecule has 2 saturated carbocycles. The molecule has 0 aromatic carbocycles. The number of hydrogen-bond acceptors (Lipinski definition) is 4. The molecular formula is C18H29N3O2. The Morgan fingerprint density at radius 2 is 2.00 bits per heavy atom. The minimum absolute atomic E-state index is 0.00848. The van der Waals surface area contributed by atoms with Gasteiger partial charge >= 0.3 is 0 Å². The molecule has 2 aliphatic carbocycles. The van der Waals surface area contributed by atoms with Crippen LogP contribution in [0.15, 0.2) is 0 Å². The molecule has 3 rings (SSSR count). The van der Waals surface area contributed by atoms with Gasteiger partial charge in [-0.05, 0) is 51.4 Å². The Bertz CT molecular complexity index is 459. The third-order valence-electron chi connectivity index (χ3n) is 5.68. The van der Waals surface area contributed by atoms with E-state index in [2.05, 4.69) is 16.3 Å². The summed E-state index contributed by atoms with van der Waals surface area (Å²) < 4.78 is 5.77. The number of nitriles is 1. The summed E-state index contributed by atoms with van der Waals surface area (Å²) in [5.41, 5.74) is -0.692. The highest BCUT2D eigenvalue weighted by atomic mass is 16.5. The highest BCUT2D eigenvalue weighted by molar-refractivity contribution is 5.79. The second kappa shape index (κ2) is 7.19. The summed E-state index contributed by atoms with van der Waals surface area (Å²) in [5, 5.41) is 12.4. The normalized spacial score (nSPS) is 27.8. The van der Waals surface area contributed by atoms with Crippen molar-refractivity contribution in [2.45, 2.75) is 76.0 Å². The minimum atomic E-state index is -0.692. The molecule has 0 spiro atoms. The quantitative estimate of drug-likeness (QED) is 0.781. The summed E-state index contributed by atoms with van der Waals surface area (Å²) in [7, 11) is 0. The Balaban J connectivity index is 1.57. The van der Waals surface area contributed by atoms with Crippen LogP contribution in [0.3, 0.4) is 0 Å². The first kappa shape index (κ1) is 16.7. The molecule has 0 radical (unpaired) electrons. The molecule has 1 heterocycles. The molecular weight excluding hydrogens is 290 g/mol. The van der Waals surface area contributed by atoms with Crippen molar-refractivity contribution >= 4 is 5.91 Å². The van der Waals surface area contributed by atoms with Crippen LogP contribution in [0.25, 0.3) is 0 Å². The van der Waals surface area contributed by atoms with Crippen molar-refractivity contribution in [2.75, 3.05) is 19.7 Å². The van der Waals surface area contributed by atoms with E-state index in [4.69, 9.17) is 4.74 Å². The standard InChI is InChI=1S/C18H29N3O2/c1-18(13-19,14-8-9-14)20-17(22)12-21(15-5-2-3-6-15)11-16-7-4-10-23-16/h14-16H,2-12H2,1H3,(H,20,22). The van der Waals surface area contributed by atoms with E-state index in [1.165, 1.54) is 25.7 Å². The van der Waals surface area contributed by atoms with E-state index in [0.717, 1.165) is 38.8 Å². The molecule has 5 heteroatoms. The maximum Gasteiger partial charge on any atom is 0.235 e. The number of hydrogen-bond donors (Lipinski definition) is 1. The van der Waals surface area contributed by atoms with Gasteiger partial charge in [-0.3, -0.25) is 9.69 Å². The molecule has 0 bridgehead atoms. The number of rotatable bonds is 7. The third-order valence-corrected chi connectivity index (χ3v) is 5.68. The number of carbonyl (C=O) groups excluding carboxylic acids is 1. The van der Waals surface area contributed by atoms with Crippen molar-refractivity contribution in [2.24, 2.45) is 5.92 Å². The van der Waals surface area contributed by atoms with Crippen LogP contribution in [0.4, 0.5) is 0 Å². The van der Waals surface area contributed by atoms with Crippen molar-refractivity contribution in [1.82, 2.24) is 10.2 Å². The Morgan fingerprint density at radius 3 is 2.57 bits per heavy atom. The molecule has 3 fully saturated rings. The second-order valence-corrected chi connectivity index (χ2v) is 7.64. The number of nitrogens with one attached hydrogen (secondary N) is 1. The van der Waals surface area contributed by atoms with Gasteiger partial charge < -0.3 is 10.1 Å². The lowest BCUT2D eigenvalue weighted by atomic mass is 9.98. The maximum atomic E-state index is 12.5. The van der Waals surface area contributed by atoms with Gasteiger partial charge in [0.05, 0.1) is 18.7 Å². The van der Waals surface area contributed by atoms with Gasteiger partial charge in [0.2, 0.25) is 5.91 Å². The van der Waals surface area contributed by atoms with Crippen molar-refractivity contribution in [1.29, 1.82) is 5.26 Å². The van der Waals surface area contributed by atoms with Gasteiger partial charge in [0.15, 0.2) is 0 Å². The van der Waals surface area contributed by atoms with E-state index in [1.807, 2.05) is 6.92 Å². The molecule has 1 saturated heterocycles. The van der Waals surface area contributed by atoms with Crippen LogP contribution in [0.5, 0.6) is 0 Å². The monoisotopic (exact) mass is 319 g/mol. The van der Waals surface area contributed by atoms with E-state index in [1.54, 1.807) is 0 Å². The predicted octanol–water partition coefficient (Wildman–Crippen LogP) is 2.22. The average Bonchev–Trinajstić information content (AvgIpc) is 3.03. The second-order valence-electron chi connectivity index (χ2n) is 7.64. The van der Waals surface area contributed by atoms with Crippen LogP contribution >= 0.6 is 0 Å². The first-order chi connectivity index (χ1) is 11.1. The zero-order valence-corrected chi connectivity index (χ0v) is 14.2. The summed E-state index contributed by atoms with van der Waals surface area (Å²) in [6.45, 7) is 3.96. The van der Waals surface area contributed by atoms with Crippen LogP contribution in [-0.2, 0) is 9.53 Å². The van der Waals surface area contributed by atoms with Crippen LogP contribution < -0.4 is 5.32 Å². The lowest BCUT2D eigenvalue weighted by molar-refractivity contribution is -0.124. The fraction of sp³-hybridized carbons (Fsp3) is 0.889. The number of amides is 1. The fourth-order valence-corrected chi connectivity index (χ4v) is 4.06. The Kier molecular flexibility index (Phi) is 5.23. The van der Waals surface area contributed by atoms with Crippen molar-refractivity contribution in [3.63, 3.8) is 0 Å². The Labute approximate surface area is 139 Å². The van der Waals surface area contributed by atoms with E-state index in [0.29, 0.717) is 18.5 Å². The molecule has 5 nitrogen and oxygen atoms in total. The Hall–Kier alpha value is -1.12. The smallest absolute Gasteiger partial charge is 0.235 e. The van der Waals surface area contributed by atoms with E-state index >= 15 is 0 Å². The molecule has 0 aromatic heterocycles. The molecule has 1 aliphatic heterocycles. The van der Waals surface area contributed by atoms with Gasteiger partial charge in [0, 0.05) is 19.2 Å². The van der Waals surface area contributed by atoms with Crippen LogP contribution in [-0.4, -0.2) is 48.2 Å². The van der Waals surface area contributed by atoms with Crippen molar-refractivity contribution in [3.8, 4) is 6.07 Å². The zero-order chi connectivity index (χ0) is 16.3. The number of ether oxygens (including phenoxy) is 1. The van der Waals surface area contributed by atoms with Gasteiger partial charge in [0.1, 0.15) is 5.54 Å². The SMILES string of the molecule is CC(C#N)(NC(=O)CN(CC1CCCO1)C1CCCC1)C1CC1. The summed E-state index contributed by atoms with van der Waals surface area (Å²) in [5.74, 6) is 0.320. The minimum Gasteiger partial charge on any atom is -0.377 e. The first-order valence-electron chi connectivity index (χ1n) is 9.18. The number of nitrogens with zero attached hydrogens (tertiary/aromatic N) is 2. The molecule has 3 aliphatic rings. The van der Waals surface area contributed by atoms with Crippen molar-refractivity contribution in [3.05, 3.63) is 0 Å². The van der Waals surface area contributed by atoms with E-state index in [-0.39, 0.29) is 12.0 Å². The molecule has 2 atom stereocenters. The largest absolute Gasteiger partial charge is 0.377 e.